The molecule has 2 aromatic carbocycles. The zero-order valence-electron chi connectivity index (χ0n) is 16.4. The van der Waals surface area contributed by atoms with E-state index < -0.39 is 12.1 Å². The van der Waals surface area contributed by atoms with Crippen LogP contribution in [0.25, 0.3) is 0 Å². The third-order valence-electron chi connectivity index (χ3n) is 4.92. The Morgan fingerprint density at radius 3 is 2.52 bits per heavy atom. The molecule has 2 amide bonds. The fraction of sp³-hybridized carbons (Fsp3) is 0.348. The number of fused-ring (bicyclic) bond motifs is 1. The molecule has 1 heterocycles. The van der Waals surface area contributed by atoms with Gasteiger partial charge < -0.3 is 10.1 Å². The molecule has 0 atom stereocenters. The summed E-state index contributed by atoms with van der Waals surface area (Å²) in [6.07, 6.45) is 2.80. The first-order chi connectivity index (χ1) is 14.1. The second-order valence-electron chi connectivity index (χ2n) is 7.06. The molecule has 1 aliphatic heterocycles. The Balaban J connectivity index is 1.29. The van der Waals surface area contributed by atoms with Crippen molar-refractivity contribution >= 4 is 23.7 Å². The molecule has 0 bridgehead atoms. The third-order valence-corrected chi connectivity index (χ3v) is 4.92. The number of rotatable bonds is 8. The van der Waals surface area contributed by atoms with Gasteiger partial charge in [0.15, 0.2) is 0 Å². The van der Waals surface area contributed by atoms with Gasteiger partial charge in [-0.25, -0.2) is 4.79 Å². The van der Waals surface area contributed by atoms with Crippen LogP contribution in [0.5, 0.6) is 0 Å². The SMILES string of the molecule is O=C(CCC(=O)OC(=O)N1CCc2ccccc21)NCCCCc1ccccc1. The molecule has 29 heavy (non-hydrogen) atoms. The van der Waals surface area contributed by atoms with Crippen LogP contribution >= 0.6 is 0 Å². The van der Waals surface area contributed by atoms with Crippen LogP contribution in [0.2, 0.25) is 0 Å². The van der Waals surface area contributed by atoms with Crippen molar-refractivity contribution in [1.82, 2.24) is 5.32 Å². The normalized spacial score (nSPS) is 12.3. The van der Waals surface area contributed by atoms with Crippen LogP contribution in [0, 0.1) is 0 Å². The van der Waals surface area contributed by atoms with Gasteiger partial charge in [-0.1, -0.05) is 48.5 Å². The Hall–Kier alpha value is -3.15. The number of para-hydroxylation sites is 1. The minimum atomic E-state index is -0.682. The van der Waals surface area contributed by atoms with Crippen molar-refractivity contribution in [2.45, 2.75) is 38.5 Å². The Morgan fingerprint density at radius 2 is 1.69 bits per heavy atom. The van der Waals surface area contributed by atoms with Gasteiger partial charge in [0.1, 0.15) is 0 Å². The molecule has 0 aliphatic carbocycles. The van der Waals surface area contributed by atoms with E-state index in [-0.39, 0.29) is 18.7 Å². The summed E-state index contributed by atoms with van der Waals surface area (Å²) in [6, 6.07) is 17.8. The summed E-state index contributed by atoms with van der Waals surface area (Å²) in [5, 5.41) is 2.80. The fourth-order valence-electron chi connectivity index (χ4n) is 3.36. The summed E-state index contributed by atoms with van der Waals surface area (Å²) in [5.41, 5.74) is 3.12. The van der Waals surface area contributed by atoms with Gasteiger partial charge in [0, 0.05) is 19.5 Å². The first kappa shape index (κ1) is 20.6. The summed E-state index contributed by atoms with van der Waals surface area (Å²) in [5.74, 6) is -0.890. The molecule has 0 saturated carbocycles. The number of ether oxygens (including phenoxy) is 1. The molecule has 0 radical (unpaired) electrons. The lowest BCUT2D eigenvalue weighted by molar-refractivity contribution is -0.138. The maximum Gasteiger partial charge on any atom is 0.422 e. The maximum atomic E-state index is 12.2. The van der Waals surface area contributed by atoms with Crippen LogP contribution in [0.1, 0.15) is 36.8 Å². The standard InChI is InChI=1S/C23H26N2O4/c26-21(24-16-7-6-10-18-8-2-1-3-9-18)13-14-22(27)29-23(28)25-17-15-19-11-4-5-12-20(19)25/h1-5,8-9,11-12H,6-7,10,13-17H2,(H,24,26). The summed E-state index contributed by atoms with van der Waals surface area (Å²) >= 11 is 0. The van der Waals surface area contributed by atoms with Gasteiger partial charge in [0.2, 0.25) is 5.91 Å². The molecule has 0 fully saturated rings. The molecule has 0 unspecified atom stereocenters. The van der Waals surface area contributed by atoms with Crippen LogP contribution < -0.4 is 10.2 Å². The van der Waals surface area contributed by atoms with E-state index in [1.807, 2.05) is 42.5 Å². The zero-order chi connectivity index (χ0) is 20.5. The minimum Gasteiger partial charge on any atom is -0.376 e. The Morgan fingerprint density at radius 1 is 0.931 bits per heavy atom. The molecule has 3 rings (SSSR count). The number of anilines is 1. The monoisotopic (exact) mass is 394 g/mol. The first-order valence-electron chi connectivity index (χ1n) is 10.0. The van der Waals surface area contributed by atoms with Gasteiger partial charge in [0.25, 0.3) is 0 Å². The molecule has 6 nitrogen and oxygen atoms in total. The molecule has 0 spiro atoms. The largest absolute Gasteiger partial charge is 0.422 e. The fourth-order valence-corrected chi connectivity index (χ4v) is 3.36. The van der Waals surface area contributed by atoms with Gasteiger partial charge >= 0.3 is 12.1 Å². The number of nitrogens with zero attached hydrogens (tertiary/aromatic N) is 1. The van der Waals surface area contributed by atoms with E-state index in [2.05, 4.69) is 17.4 Å². The van der Waals surface area contributed by atoms with Crippen molar-refractivity contribution < 1.29 is 19.1 Å². The summed E-state index contributed by atoms with van der Waals surface area (Å²) in [6.45, 7) is 1.07. The van der Waals surface area contributed by atoms with Gasteiger partial charge in [-0.3, -0.25) is 14.5 Å². The molecule has 0 aromatic heterocycles. The third kappa shape index (κ3) is 6.17. The number of benzene rings is 2. The molecule has 1 aliphatic rings. The van der Waals surface area contributed by atoms with E-state index in [1.54, 1.807) is 0 Å². The van der Waals surface area contributed by atoms with Gasteiger partial charge in [0.05, 0.1) is 12.1 Å². The van der Waals surface area contributed by atoms with E-state index >= 15 is 0 Å². The second-order valence-corrected chi connectivity index (χ2v) is 7.06. The quantitative estimate of drug-likeness (QED) is 0.421. The van der Waals surface area contributed by atoms with Crippen LogP contribution in [-0.2, 0) is 27.2 Å². The summed E-state index contributed by atoms with van der Waals surface area (Å²) in [4.78, 5) is 37.4. The number of amides is 2. The minimum absolute atomic E-state index is 0.0153. The average Bonchev–Trinajstić information content (AvgIpc) is 3.17. The smallest absolute Gasteiger partial charge is 0.376 e. The van der Waals surface area contributed by atoms with Crippen LogP contribution in [0.3, 0.4) is 0 Å². The summed E-state index contributed by atoms with van der Waals surface area (Å²) < 4.78 is 4.90. The molecule has 0 saturated heterocycles. The Bertz CT molecular complexity index is 851. The lowest BCUT2D eigenvalue weighted by atomic mass is 10.1. The number of carbonyl (C=O) groups is 3. The van der Waals surface area contributed by atoms with Gasteiger partial charge in [-0.15, -0.1) is 0 Å². The van der Waals surface area contributed by atoms with E-state index in [1.165, 1.54) is 10.5 Å². The highest BCUT2D eigenvalue weighted by Gasteiger charge is 2.27. The van der Waals surface area contributed by atoms with Crippen LogP contribution in [-0.4, -0.2) is 31.1 Å². The number of nitrogens with one attached hydrogen (secondary N) is 1. The van der Waals surface area contributed by atoms with Crippen molar-refractivity contribution in [3.8, 4) is 0 Å². The molecule has 152 valence electrons. The predicted octanol–water partition coefficient (Wildman–Crippen LogP) is 3.63. The van der Waals surface area contributed by atoms with Crippen LogP contribution in [0.15, 0.2) is 54.6 Å². The van der Waals surface area contributed by atoms with Crippen molar-refractivity contribution in [1.29, 1.82) is 0 Å². The average molecular weight is 394 g/mol. The molecule has 2 aromatic rings. The van der Waals surface area contributed by atoms with Crippen LogP contribution in [0.4, 0.5) is 10.5 Å². The van der Waals surface area contributed by atoms with Crippen molar-refractivity contribution in [3.05, 3.63) is 65.7 Å². The van der Waals surface area contributed by atoms with Crippen molar-refractivity contribution in [3.63, 3.8) is 0 Å². The molecular weight excluding hydrogens is 368 g/mol. The number of esters is 1. The van der Waals surface area contributed by atoms with Gasteiger partial charge in [-0.2, -0.15) is 0 Å². The Labute approximate surface area is 170 Å². The number of aryl methyl sites for hydroxylation is 1. The highest BCUT2D eigenvalue weighted by molar-refractivity contribution is 5.97. The maximum absolute atomic E-state index is 12.2. The predicted molar refractivity (Wildman–Crippen MR) is 111 cm³/mol. The number of carbonyl (C=O) groups excluding carboxylic acids is 3. The second kappa shape index (κ2) is 10.4. The lowest BCUT2D eigenvalue weighted by Gasteiger charge is -2.15. The number of hydrogen-bond acceptors (Lipinski definition) is 4. The molecular formula is C23H26N2O4. The van der Waals surface area contributed by atoms with Crippen molar-refractivity contribution in [2.75, 3.05) is 18.0 Å². The topological polar surface area (TPSA) is 75.7 Å². The molecule has 1 N–H and O–H groups in total. The lowest BCUT2D eigenvalue weighted by Crippen LogP contribution is -2.32. The molecule has 6 heteroatoms. The van der Waals surface area contributed by atoms with E-state index in [4.69, 9.17) is 4.74 Å². The summed E-state index contributed by atoms with van der Waals surface area (Å²) in [7, 11) is 0. The van der Waals surface area contributed by atoms with E-state index in [0.29, 0.717) is 13.1 Å². The number of hydrogen-bond donors (Lipinski definition) is 1. The number of unbranched alkanes of at least 4 members (excludes halogenated alkanes) is 1. The zero-order valence-corrected chi connectivity index (χ0v) is 16.4. The van der Waals surface area contributed by atoms with E-state index in [9.17, 15) is 14.4 Å². The van der Waals surface area contributed by atoms with E-state index in [0.717, 1.165) is 36.9 Å². The van der Waals surface area contributed by atoms with Crippen molar-refractivity contribution in [2.24, 2.45) is 0 Å². The Kier molecular flexibility index (Phi) is 7.39. The first-order valence-corrected chi connectivity index (χ1v) is 10.0. The highest BCUT2D eigenvalue weighted by atomic mass is 16.6. The van der Waals surface area contributed by atoms with Gasteiger partial charge in [-0.05, 0) is 42.9 Å². The highest BCUT2D eigenvalue weighted by Crippen LogP contribution is 2.27.